The summed E-state index contributed by atoms with van der Waals surface area (Å²) in [7, 11) is -2.01. The molecule has 0 saturated heterocycles. The third-order valence-electron chi connectivity index (χ3n) is 3.17. The summed E-state index contributed by atoms with van der Waals surface area (Å²) in [4.78, 5) is 12.3. The highest BCUT2D eigenvalue weighted by atomic mass is 32.2. The molecule has 1 aliphatic rings. The Labute approximate surface area is 113 Å². The lowest BCUT2D eigenvalue weighted by molar-refractivity contribution is -0.124. The minimum Gasteiger partial charge on any atom is -0.352 e. The SMILES string of the molecule is CN(C(C(=O)NC1CC1)c1ccccc1)S(C)(=O)=O. The van der Waals surface area contributed by atoms with Crippen molar-refractivity contribution in [1.29, 1.82) is 0 Å². The quantitative estimate of drug-likeness (QED) is 0.872. The summed E-state index contributed by atoms with van der Waals surface area (Å²) < 4.78 is 24.5. The Bertz CT molecular complexity index is 553. The Kier molecular flexibility index (Phi) is 3.91. The molecule has 1 N–H and O–H groups in total. The van der Waals surface area contributed by atoms with Crippen LogP contribution in [0.5, 0.6) is 0 Å². The van der Waals surface area contributed by atoms with Crippen molar-refractivity contribution in [2.45, 2.75) is 24.9 Å². The zero-order valence-electron chi connectivity index (χ0n) is 11.0. The minimum atomic E-state index is -3.44. The molecule has 0 aromatic heterocycles. The van der Waals surface area contributed by atoms with Gasteiger partial charge in [0.2, 0.25) is 15.9 Å². The molecule has 1 unspecified atom stereocenters. The van der Waals surface area contributed by atoms with Crippen LogP contribution in [-0.2, 0) is 14.8 Å². The fourth-order valence-electron chi connectivity index (χ4n) is 1.86. The fraction of sp³-hybridized carbons (Fsp3) is 0.462. The van der Waals surface area contributed by atoms with Gasteiger partial charge in [0, 0.05) is 13.1 Å². The molecule has 0 radical (unpaired) electrons. The fourth-order valence-corrected chi connectivity index (χ4v) is 2.46. The molecule has 1 fully saturated rings. The third kappa shape index (κ3) is 3.54. The lowest BCUT2D eigenvalue weighted by Crippen LogP contribution is -2.41. The molecule has 19 heavy (non-hydrogen) atoms. The van der Waals surface area contributed by atoms with Crippen molar-refractivity contribution in [1.82, 2.24) is 9.62 Å². The lowest BCUT2D eigenvalue weighted by atomic mass is 10.1. The van der Waals surface area contributed by atoms with Gasteiger partial charge >= 0.3 is 0 Å². The van der Waals surface area contributed by atoms with Crippen molar-refractivity contribution in [2.24, 2.45) is 0 Å². The first-order chi connectivity index (χ1) is 8.89. The molecule has 0 aliphatic heterocycles. The van der Waals surface area contributed by atoms with E-state index < -0.39 is 16.1 Å². The molecule has 0 bridgehead atoms. The Morgan fingerprint density at radius 2 is 1.89 bits per heavy atom. The van der Waals surface area contributed by atoms with Crippen LogP contribution in [0.4, 0.5) is 0 Å². The molecule has 2 rings (SSSR count). The van der Waals surface area contributed by atoms with Crippen LogP contribution in [0, 0.1) is 0 Å². The number of sulfonamides is 1. The second-order valence-electron chi connectivity index (χ2n) is 4.88. The molecule has 1 aromatic carbocycles. The monoisotopic (exact) mass is 282 g/mol. The molecule has 1 aromatic rings. The summed E-state index contributed by atoms with van der Waals surface area (Å²) in [5.74, 6) is -0.262. The van der Waals surface area contributed by atoms with Gasteiger partial charge in [-0.15, -0.1) is 0 Å². The maximum atomic E-state index is 12.3. The first-order valence-electron chi connectivity index (χ1n) is 6.18. The Hall–Kier alpha value is -1.40. The highest BCUT2D eigenvalue weighted by Crippen LogP contribution is 2.25. The molecular formula is C13H18N2O3S. The van der Waals surface area contributed by atoms with Crippen LogP contribution >= 0.6 is 0 Å². The van der Waals surface area contributed by atoms with Crippen LogP contribution in [-0.4, -0.2) is 38.0 Å². The number of likely N-dealkylation sites (N-methyl/N-ethyl adjacent to an activating group) is 1. The highest BCUT2D eigenvalue weighted by Gasteiger charge is 2.33. The molecule has 1 aliphatic carbocycles. The largest absolute Gasteiger partial charge is 0.352 e. The van der Waals surface area contributed by atoms with Crippen LogP contribution < -0.4 is 5.32 Å². The Morgan fingerprint density at radius 1 is 1.32 bits per heavy atom. The van der Waals surface area contributed by atoms with Crippen molar-refractivity contribution in [2.75, 3.05) is 13.3 Å². The van der Waals surface area contributed by atoms with E-state index in [1.807, 2.05) is 6.07 Å². The second-order valence-corrected chi connectivity index (χ2v) is 6.92. The molecule has 104 valence electrons. The standard InChI is InChI=1S/C13H18N2O3S/c1-15(19(2,17)18)12(10-6-4-3-5-7-10)13(16)14-11-8-9-11/h3-7,11-12H,8-9H2,1-2H3,(H,14,16). The zero-order chi connectivity index (χ0) is 14.0. The van der Waals surface area contributed by atoms with E-state index in [0.717, 1.165) is 23.4 Å². The van der Waals surface area contributed by atoms with Gasteiger partial charge in [-0.05, 0) is 18.4 Å². The third-order valence-corrected chi connectivity index (χ3v) is 4.43. The van der Waals surface area contributed by atoms with E-state index in [1.54, 1.807) is 24.3 Å². The average molecular weight is 282 g/mol. The first kappa shape index (κ1) is 14.0. The Morgan fingerprint density at radius 3 is 2.37 bits per heavy atom. The van der Waals surface area contributed by atoms with Crippen molar-refractivity contribution in [3.8, 4) is 0 Å². The van der Waals surface area contributed by atoms with Gasteiger partial charge in [-0.3, -0.25) is 4.79 Å². The van der Waals surface area contributed by atoms with Crippen LogP contribution in [0.3, 0.4) is 0 Å². The van der Waals surface area contributed by atoms with Gasteiger partial charge in [0.05, 0.1) is 6.26 Å². The number of nitrogens with zero attached hydrogens (tertiary/aromatic N) is 1. The molecule has 0 heterocycles. The number of nitrogens with one attached hydrogen (secondary N) is 1. The topological polar surface area (TPSA) is 66.5 Å². The van der Waals surface area contributed by atoms with Crippen molar-refractivity contribution in [3.05, 3.63) is 35.9 Å². The van der Waals surface area contributed by atoms with Crippen molar-refractivity contribution < 1.29 is 13.2 Å². The molecule has 1 amide bonds. The van der Waals surface area contributed by atoms with Gasteiger partial charge < -0.3 is 5.32 Å². The van der Waals surface area contributed by atoms with Gasteiger partial charge in [-0.25, -0.2) is 8.42 Å². The number of rotatable bonds is 5. The predicted octanol–water partition coefficient (Wildman–Crippen LogP) is 0.898. The number of hydrogen-bond acceptors (Lipinski definition) is 3. The first-order valence-corrected chi connectivity index (χ1v) is 8.03. The van der Waals surface area contributed by atoms with E-state index in [-0.39, 0.29) is 11.9 Å². The van der Waals surface area contributed by atoms with E-state index in [0.29, 0.717) is 5.56 Å². The van der Waals surface area contributed by atoms with E-state index >= 15 is 0 Å². The van der Waals surface area contributed by atoms with Crippen LogP contribution in [0.2, 0.25) is 0 Å². The Balaban J connectivity index is 2.29. The number of amides is 1. The average Bonchev–Trinajstić information content (AvgIpc) is 3.13. The lowest BCUT2D eigenvalue weighted by Gasteiger charge is -2.25. The smallest absolute Gasteiger partial charge is 0.243 e. The van der Waals surface area contributed by atoms with Crippen molar-refractivity contribution >= 4 is 15.9 Å². The molecule has 5 nitrogen and oxygen atoms in total. The van der Waals surface area contributed by atoms with Gasteiger partial charge in [-0.1, -0.05) is 30.3 Å². The second kappa shape index (κ2) is 5.30. The highest BCUT2D eigenvalue weighted by molar-refractivity contribution is 7.88. The van der Waals surface area contributed by atoms with Gasteiger partial charge in [-0.2, -0.15) is 4.31 Å². The summed E-state index contributed by atoms with van der Waals surface area (Å²) >= 11 is 0. The van der Waals surface area contributed by atoms with E-state index in [2.05, 4.69) is 5.32 Å². The zero-order valence-corrected chi connectivity index (χ0v) is 11.9. The van der Waals surface area contributed by atoms with E-state index in [1.165, 1.54) is 7.05 Å². The van der Waals surface area contributed by atoms with Crippen molar-refractivity contribution in [3.63, 3.8) is 0 Å². The number of carbonyl (C=O) groups excluding carboxylic acids is 1. The van der Waals surface area contributed by atoms with E-state index in [9.17, 15) is 13.2 Å². The van der Waals surface area contributed by atoms with Crippen LogP contribution in [0.25, 0.3) is 0 Å². The minimum absolute atomic E-state index is 0.201. The van der Waals surface area contributed by atoms with Crippen LogP contribution in [0.15, 0.2) is 30.3 Å². The number of carbonyl (C=O) groups is 1. The van der Waals surface area contributed by atoms with E-state index in [4.69, 9.17) is 0 Å². The van der Waals surface area contributed by atoms with Crippen LogP contribution in [0.1, 0.15) is 24.4 Å². The maximum Gasteiger partial charge on any atom is 0.243 e. The van der Waals surface area contributed by atoms with Gasteiger partial charge in [0.25, 0.3) is 0 Å². The molecule has 6 heteroatoms. The summed E-state index contributed by atoms with van der Waals surface area (Å²) in [5.41, 5.74) is 0.675. The number of benzene rings is 1. The molecule has 1 saturated carbocycles. The maximum absolute atomic E-state index is 12.3. The summed E-state index contributed by atoms with van der Waals surface area (Å²) in [6, 6.07) is 8.34. The molecule has 1 atom stereocenters. The summed E-state index contributed by atoms with van der Waals surface area (Å²) in [6.07, 6.45) is 3.04. The molecule has 0 spiro atoms. The molecular weight excluding hydrogens is 264 g/mol. The van der Waals surface area contributed by atoms with Gasteiger partial charge in [0.15, 0.2) is 0 Å². The van der Waals surface area contributed by atoms with Gasteiger partial charge in [0.1, 0.15) is 6.04 Å². The summed E-state index contributed by atoms with van der Waals surface area (Å²) in [5, 5.41) is 2.86. The number of hydrogen-bond donors (Lipinski definition) is 1. The summed E-state index contributed by atoms with van der Waals surface area (Å²) in [6.45, 7) is 0. The predicted molar refractivity (Wildman–Crippen MR) is 73.0 cm³/mol. The normalized spacial score (nSPS) is 17.2.